The molecule has 5 fully saturated rings. The van der Waals surface area contributed by atoms with Gasteiger partial charge in [-0.1, -0.05) is 45.3 Å². The van der Waals surface area contributed by atoms with Gasteiger partial charge in [0.15, 0.2) is 5.84 Å². The summed E-state index contributed by atoms with van der Waals surface area (Å²) in [5.74, 6) is 2.12. The van der Waals surface area contributed by atoms with Crippen LogP contribution in [-0.2, 0) is 9.59 Å². The third-order valence-corrected chi connectivity index (χ3v) is 11.4. The zero-order chi connectivity index (χ0) is 26.1. The molecule has 2 saturated carbocycles. The number of piperidine rings is 2. The Bertz CT molecular complexity index is 1070. The highest BCUT2D eigenvalue weighted by Gasteiger charge is 2.52. The second-order valence-corrected chi connectivity index (χ2v) is 13.6. The first-order chi connectivity index (χ1) is 18.4. The van der Waals surface area contributed by atoms with Gasteiger partial charge in [0.1, 0.15) is 6.04 Å². The van der Waals surface area contributed by atoms with Crippen LogP contribution in [0.3, 0.4) is 0 Å². The molecule has 1 amide bonds. The fourth-order valence-corrected chi connectivity index (χ4v) is 9.46. The van der Waals surface area contributed by atoms with E-state index < -0.39 is 12.0 Å². The lowest BCUT2D eigenvalue weighted by molar-refractivity contribution is -0.145. The monoisotopic (exact) mass is 520 g/mol. The van der Waals surface area contributed by atoms with E-state index in [9.17, 15) is 14.7 Å². The summed E-state index contributed by atoms with van der Waals surface area (Å²) >= 11 is 0. The van der Waals surface area contributed by atoms with Crippen LogP contribution in [0, 0.1) is 23.7 Å². The Morgan fingerprint density at radius 3 is 2.45 bits per heavy atom. The number of carbonyl (C=O) groups is 2. The van der Waals surface area contributed by atoms with Crippen LogP contribution in [0.5, 0.6) is 0 Å². The van der Waals surface area contributed by atoms with Gasteiger partial charge < -0.3 is 14.9 Å². The van der Waals surface area contributed by atoms with Crippen LogP contribution in [-0.4, -0.2) is 80.3 Å². The van der Waals surface area contributed by atoms with Crippen LogP contribution in [0.4, 0.5) is 0 Å². The minimum atomic E-state index is -0.856. The second kappa shape index (κ2) is 9.50. The van der Waals surface area contributed by atoms with Gasteiger partial charge in [-0.15, -0.1) is 0 Å². The number of aliphatic carboxylic acids is 1. The van der Waals surface area contributed by atoms with Crippen molar-refractivity contribution in [2.24, 2.45) is 28.7 Å². The summed E-state index contributed by atoms with van der Waals surface area (Å²) in [6.07, 6.45) is 20.0. The van der Waals surface area contributed by atoms with Gasteiger partial charge in [0.25, 0.3) is 5.91 Å². The summed E-state index contributed by atoms with van der Waals surface area (Å²) in [4.78, 5) is 37.8. The van der Waals surface area contributed by atoms with Crippen LogP contribution in [0.1, 0.15) is 84.5 Å². The number of rotatable bonds is 3. The lowest BCUT2D eigenvalue weighted by Crippen LogP contribution is -2.66. The molecule has 0 aromatic carbocycles. The van der Waals surface area contributed by atoms with Crippen LogP contribution in [0.2, 0.25) is 0 Å². The van der Waals surface area contributed by atoms with E-state index in [0.29, 0.717) is 42.8 Å². The highest BCUT2D eigenvalue weighted by Crippen LogP contribution is 2.48. The average molecular weight is 521 g/mol. The summed E-state index contributed by atoms with van der Waals surface area (Å²) < 4.78 is 0. The summed E-state index contributed by atoms with van der Waals surface area (Å²) in [7, 11) is 0. The SMILES string of the molecule is CC1C=CC=C2C1N=C(N1CCC1C(=O)O)C(=O)N2C1CC2CCC(C)C(C1)N2C1CC2CCCC(C2)C1. The van der Waals surface area contributed by atoms with Crippen LogP contribution < -0.4 is 0 Å². The topological polar surface area (TPSA) is 76.4 Å². The largest absolute Gasteiger partial charge is 0.480 e. The van der Waals surface area contributed by atoms with Crippen molar-refractivity contribution in [3.8, 4) is 0 Å². The molecule has 38 heavy (non-hydrogen) atoms. The first-order valence-electron chi connectivity index (χ1n) is 15.5. The number of fused-ring (bicyclic) bond motifs is 5. The van der Waals surface area contributed by atoms with Crippen molar-refractivity contribution in [3.05, 3.63) is 23.9 Å². The van der Waals surface area contributed by atoms with Gasteiger partial charge in [-0.3, -0.25) is 14.7 Å². The van der Waals surface area contributed by atoms with Crippen molar-refractivity contribution in [2.75, 3.05) is 6.54 Å². The maximum absolute atomic E-state index is 14.2. The average Bonchev–Trinajstić information content (AvgIpc) is 2.85. The lowest BCUT2D eigenvalue weighted by Gasteiger charge is -2.59. The van der Waals surface area contributed by atoms with Crippen LogP contribution in [0.25, 0.3) is 0 Å². The van der Waals surface area contributed by atoms with E-state index in [1.165, 1.54) is 51.4 Å². The van der Waals surface area contributed by atoms with E-state index in [-0.39, 0.29) is 23.9 Å². The van der Waals surface area contributed by atoms with Crippen molar-refractivity contribution in [3.63, 3.8) is 0 Å². The van der Waals surface area contributed by atoms with Gasteiger partial charge in [0, 0.05) is 42.3 Å². The molecule has 7 rings (SSSR count). The first-order valence-corrected chi connectivity index (χ1v) is 15.5. The minimum absolute atomic E-state index is 0.0719. The summed E-state index contributed by atoms with van der Waals surface area (Å²) in [6.45, 7) is 5.19. The molecule has 4 bridgehead atoms. The zero-order valence-corrected chi connectivity index (χ0v) is 23.0. The number of hydrogen-bond acceptors (Lipinski definition) is 5. The van der Waals surface area contributed by atoms with E-state index in [4.69, 9.17) is 4.99 Å². The molecule has 0 spiro atoms. The number of nitrogens with zero attached hydrogens (tertiary/aromatic N) is 4. The highest BCUT2D eigenvalue weighted by atomic mass is 16.4. The molecule has 3 saturated heterocycles. The summed E-state index contributed by atoms with van der Waals surface area (Å²) in [5.41, 5.74) is 1.03. The van der Waals surface area contributed by atoms with E-state index >= 15 is 0 Å². The van der Waals surface area contributed by atoms with Gasteiger partial charge in [-0.05, 0) is 75.2 Å². The molecule has 3 aliphatic carbocycles. The highest BCUT2D eigenvalue weighted by molar-refractivity contribution is 6.39. The number of aliphatic imine (C=N–C) groups is 1. The number of hydrogen-bond donors (Lipinski definition) is 1. The molecule has 0 radical (unpaired) electrons. The van der Waals surface area contributed by atoms with Crippen molar-refractivity contribution in [1.29, 1.82) is 0 Å². The fraction of sp³-hybridized carbons (Fsp3) is 0.774. The molecule has 4 aliphatic heterocycles. The van der Waals surface area contributed by atoms with Crippen molar-refractivity contribution in [1.82, 2.24) is 14.7 Å². The Hall–Kier alpha value is -2.15. The van der Waals surface area contributed by atoms with Crippen LogP contribution in [0.15, 0.2) is 28.9 Å². The Kier molecular flexibility index (Phi) is 6.21. The summed E-state index contributed by atoms with van der Waals surface area (Å²) in [5, 5.41) is 9.72. The van der Waals surface area contributed by atoms with Gasteiger partial charge in [0.05, 0.1) is 6.04 Å². The standard InChI is InChI=1S/C31H44N4O3/c1-18-9-10-22-16-24(17-27(18)34(22)23-14-20-6-4-7-21(13-20)15-23)35-25-8-3-5-19(2)28(25)32-29(30(35)36)33-12-11-26(33)31(37)38/h3,5,8,18-24,26-28H,4,6-7,9-17H2,1-2H3,(H,37,38). The van der Waals surface area contributed by atoms with Crippen molar-refractivity contribution < 1.29 is 14.7 Å². The van der Waals surface area contributed by atoms with Gasteiger partial charge in [0.2, 0.25) is 0 Å². The van der Waals surface area contributed by atoms with E-state index in [1.807, 2.05) is 0 Å². The lowest BCUT2D eigenvalue weighted by atomic mass is 9.67. The molecule has 0 aromatic heterocycles. The van der Waals surface area contributed by atoms with Gasteiger partial charge >= 0.3 is 5.97 Å². The predicted molar refractivity (Wildman–Crippen MR) is 147 cm³/mol. The van der Waals surface area contributed by atoms with Crippen LogP contribution >= 0.6 is 0 Å². The molecular weight excluding hydrogens is 476 g/mol. The molecule has 4 heterocycles. The number of allylic oxidation sites excluding steroid dienone is 2. The van der Waals surface area contributed by atoms with Gasteiger partial charge in [-0.25, -0.2) is 4.79 Å². The zero-order valence-electron chi connectivity index (χ0n) is 23.0. The normalized spacial score (nSPS) is 44.6. The minimum Gasteiger partial charge on any atom is -0.480 e. The summed E-state index contributed by atoms with van der Waals surface area (Å²) in [6, 6.07) is 1.19. The van der Waals surface area contributed by atoms with Crippen molar-refractivity contribution in [2.45, 2.75) is 121 Å². The smallest absolute Gasteiger partial charge is 0.326 e. The second-order valence-electron chi connectivity index (χ2n) is 13.6. The fourth-order valence-electron chi connectivity index (χ4n) is 9.46. The predicted octanol–water partition coefficient (Wildman–Crippen LogP) is 4.44. The molecule has 7 aliphatic rings. The molecule has 9 atom stereocenters. The Morgan fingerprint density at radius 2 is 1.74 bits per heavy atom. The van der Waals surface area contributed by atoms with E-state index in [2.05, 4.69) is 41.9 Å². The molecule has 7 heteroatoms. The van der Waals surface area contributed by atoms with Crippen molar-refractivity contribution >= 4 is 17.7 Å². The third-order valence-electron chi connectivity index (χ3n) is 11.4. The third kappa shape index (κ3) is 3.98. The molecule has 0 aromatic rings. The maximum Gasteiger partial charge on any atom is 0.326 e. The van der Waals surface area contributed by atoms with E-state index in [1.54, 1.807) is 4.90 Å². The molecule has 7 nitrogen and oxygen atoms in total. The quantitative estimate of drug-likeness (QED) is 0.595. The number of carboxylic acid groups (broad SMARTS) is 1. The molecule has 9 unspecified atom stereocenters. The van der Waals surface area contributed by atoms with Gasteiger partial charge in [-0.2, -0.15) is 0 Å². The first kappa shape index (κ1) is 24.9. The number of amidine groups is 1. The molecule has 206 valence electrons. The number of amides is 1. The number of likely N-dealkylation sites (tertiary alicyclic amines) is 1. The molecular formula is C31H44N4O3. The Balaban J connectivity index is 1.18. The number of carboxylic acids is 1. The molecule has 1 N–H and O–H groups in total. The Labute approximate surface area is 227 Å². The Morgan fingerprint density at radius 1 is 0.947 bits per heavy atom. The maximum atomic E-state index is 14.2. The van der Waals surface area contributed by atoms with E-state index in [0.717, 1.165) is 30.4 Å². The number of carbonyl (C=O) groups excluding carboxylic acids is 1.